The molecule has 0 aliphatic carbocycles. The predicted octanol–water partition coefficient (Wildman–Crippen LogP) is 2.92. The maximum Gasteiger partial charge on any atom is 0.267 e. The van der Waals surface area contributed by atoms with Crippen molar-refractivity contribution in [3.63, 3.8) is 0 Å². The van der Waals surface area contributed by atoms with Crippen molar-refractivity contribution in [2.24, 2.45) is 0 Å². The number of benzene rings is 3. The number of rotatable bonds is 8. The number of nitrogens with one attached hydrogen (secondary N) is 1. The van der Waals surface area contributed by atoms with Crippen LogP contribution in [0, 0.1) is 0 Å². The fraction of sp³-hybridized carbons (Fsp3) is 0.250. The number of hydrogen-bond acceptors (Lipinski definition) is 6. The summed E-state index contributed by atoms with van der Waals surface area (Å²) in [4.78, 5) is 41.2. The highest BCUT2D eigenvalue weighted by Gasteiger charge is 2.42. The van der Waals surface area contributed by atoms with E-state index in [1.807, 2.05) is 0 Å². The number of ether oxygens (including phenoxy) is 1. The molecule has 1 atom stereocenters. The molecule has 0 saturated carbocycles. The Labute approximate surface area is 204 Å². The monoisotopic (exact) mass is 472 g/mol. The molecule has 2 N–H and O–H groups in total. The molecule has 7 nitrogen and oxygen atoms in total. The number of carbonyl (C=O) groups is 3. The van der Waals surface area contributed by atoms with Crippen LogP contribution in [0.15, 0.2) is 84.9 Å². The van der Waals surface area contributed by atoms with Gasteiger partial charge in [-0.25, -0.2) is 0 Å². The van der Waals surface area contributed by atoms with Crippen LogP contribution in [0.2, 0.25) is 0 Å². The summed E-state index contributed by atoms with van der Waals surface area (Å²) in [5.41, 5.74) is -0.840. The van der Waals surface area contributed by atoms with Crippen molar-refractivity contribution < 1.29 is 24.2 Å². The van der Waals surface area contributed by atoms with Gasteiger partial charge >= 0.3 is 0 Å². The van der Waals surface area contributed by atoms with Gasteiger partial charge in [0.05, 0.1) is 19.7 Å². The van der Waals surface area contributed by atoms with Gasteiger partial charge in [-0.05, 0) is 42.6 Å². The molecule has 1 aliphatic rings. The van der Waals surface area contributed by atoms with Crippen molar-refractivity contribution >= 4 is 17.6 Å². The number of likely N-dealkylation sites (tertiary alicyclic amines) is 1. The van der Waals surface area contributed by atoms with Gasteiger partial charge in [0.25, 0.3) is 5.91 Å². The molecule has 35 heavy (non-hydrogen) atoms. The number of ketones is 1. The van der Waals surface area contributed by atoms with Gasteiger partial charge in [0, 0.05) is 5.56 Å². The minimum absolute atomic E-state index is 0.0427. The van der Waals surface area contributed by atoms with Crippen LogP contribution in [0.5, 0.6) is 5.75 Å². The van der Waals surface area contributed by atoms with Crippen LogP contribution in [-0.4, -0.2) is 53.8 Å². The number of nitrogens with zero attached hydrogens (tertiary/aromatic N) is 1. The van der Waals surface area contributed by atoms with Crippen LogP contribution in [0.1, 0.15) is 34.3 Å². The van der Waals surface area contributed by atoms with Crippen molar-refractivity contribution in [1.29, 1.82) is 0 Å². The molecular formula is C28H28N2O5. The van der Waals surface area contributed by atoms with E-state index in [1.165, 1.54) is 7.11 Å². The van der Waals surface area contributed by atoms with Crippen molar-refractivity contribution in [3.8, 4) is 5.75 Å². The average Bonchev–Trinajstić information content (AvgIpc) is 3.37. The van der Waals surface area contributed by atoms with E-state index in [4.69, 9.17) is 4.74 Å². The van der Waals surface area contributed by atoms with E-state index in [0.717, 1.165) is 6.42 Å². The van der Waals surface area contributed by atoms with Crippen molar-refractivity contribution in [3.05, 3.63) is 102 Å². The maximum atomic E-state index is 13.4. The van der Waals surface area contributed by atoms with Crippen LogP contribution in [0.25, 0.3) is 0 Å². The molecule has 0 aromatic heterocycles. The van der Waals surface area contributed by atoms with Crippen LogP contribution in [-0.2, 0) is 15.2 Å². The van der Waals surface area contributed by atoms with Crippen molar-refractivity contribution in [2.45, 2.75) is 24.5 Å². The molecule has 1 fully saturated rings. The van der Waals surface area contributed by atoms with Gasteiger partial charge in [-0.2, -0.15) is 0 Å². The minimum Gasteiger partial charge on any atom is -0.497 e. The molecule has 1 saturated heterocycles. The third kappa shape index (κ3) is 5.16. The summed E-state index contributed by atoms with van der Waals surface area (Å²) in [5.74, 6) is -0.916. The van der Waals surface area contributed by atoms with Gasteiger partial charge in [-0.1, -0.05) is 72.8 Å². The zero-order chi connectivity index (χ0) is 24.8. The first-order valence-electron chi connectivity index (χ1n) is 11.5. The minimum atomic E-state index is -2.04. The fourth-order valence-corrected chi connectivity index (χ4v) is 4.46. The van der Waals surface area contributed by atoms with E-state index in [2.05, 4.69) is 5.32 Å². The van der Waals surface area contributed by atoms with E-state index in [0.29, 0.717) is 35.4 Å². The first-order valence-corrected chi connectivity index (χ1v) is 11.5. The van der Waals surface area contributed by atoms with Crippen LogP contribution in [0.3, 0.4) is 0 Å². The van der Waals surface area contributed by atoms with E-state index in [-0.39, 0.29) is 12.3 Å². The van der Waals surface area contributed by atoms with Crippen LogP contribution < -0.4 is 10.1 Å². The molecule has 2 amide bonds. The van der Waals surface area contributed by atoms with Crippen LogP contribution >= 0.6 is 0 Å². The first-order chi connectivity index (χ1) is 16.9. The summed E-state index contributed by atoms with van der Waals surface area (Å²) >= 11 is 0. The summed E-state index contributed by atoms with van der Waals surface area (Å²) in [6, 6.07) is 23.3. The number of aliphatic hydroxyl groups is 1. The highest BCUT2D eigenvalue weighted by atomic mass is 16.5. The van der Waals surface area contributed by atoms with Crippen molar-refractivity contribution in [2.75, 3.05) is 20.2 Å². The molecule has 7 heteroatoms. The van der Waals surface area contributed by atoms with Gasteiger partial charge in [-0.15, -0.1) is 0 Å². The summed E-state index contributed by atoms with van der Waals surface area (Å²) < 4.78 is 5.19. The van der Waals surface area contributed by atoms with Gasteiger partial charge in [0.2, 0.25) is 5.91 Å². The standard InChI is InChI=1S/C28H28N2O5/c1-35-23-15-8-10-20(18-23)25(31)19-30-17-9-16-24(30)26(32)29-27(33)28(34,21-11-4-2-5-12-21)22-13-6-3-7-14-22/h2-8,10-15,18,24,34H,9,16-17,19H2,1H3,(H,29,32,33)/t24-/m0/s1. The van der Waals surface area contributed by atoms with Gasteiger partial charge in [0.1, 0.15) is 5.75 Å². The number of hydrogen-bond donors (Lipinski definition) is 2. The van der Waals surface area contributed by atoms with Gasteiger partial charge < -0.3 is 9.84 Å². The van der Waals surface area contributed by atoms with E-state index in [9.17, 15) is 19.5 Å². The summed E-state index contributed by atoms with van der Waals surface area (Å²) in [6.07, 6.45) is 1.24. The molecule has 0 bridgehead atoms. The number of amides is 2. The number of carbonyl (C=O) groups excluding carboxylic acids is 3. The molecular weight excluding hydrogens is 444 g/mol. The largest absolute Gasteiger partial charge is 0.497 e. The molecule has 0 unspecified atom stereocenters. The number of methoxy groups -OCH3 is 1. The van der Waals surface area contributed by atoms with Gasteiger partial charge in [0.15, 0.2) is 11.4 Å². The Morgan fingerprint density at radius 2 is 1.60 bits per heavy atom. The SMILES string of the molecule is COc1cccc(C(=O)CN2CCC[C@H]2C(=O)NC(=O)C(O)(c2ccccc2)c2ccccc2)c1. The van der Waals surface area contributed by atoms with Crippen LogP contribution in [0.4, 0.5) is 0 Å². The molecule has 1 aliphatic heterocycles. The highest BCUT2D eigenvalue weighted by Crippen LogP contribution is 2.30. The quantitative estimate of drug-likeness (QED) is 0.490. The lowest BCUT2D eigenvalue weighted by atomic mass is 9.85. The Morgan fingerprint density at radius 3 is 2.20 bits per heavy atom. The second kappa shape index (κ2) is 10.6. The number of Topliss-reactive ketones (excluding diaryl/α,β-unsaturated/α-hetero) is 1. The normalized spacial score (nSPS) is 16.0. The molecule has 1 heterocycles. The number of imide groups is 1. The lowest BCUT2D eigenvalue weighted by Crippen LogP contribution is -2.53. The lowest BCUT2D eigenvalue weighted by Gasteiger charge is -2.29. The average molecular weight is 473 g/mol. The molecule has 3 aromatic carbocycles. The maximum absolute atomic E-state index is 13.4. The summed E-state index contributed by atoms with van der Waals surface area (Å²) in [6.45, 7) is 0.602. The third-order valence-electron chi connectivity index (χ3n) is 6.35. The molecule has 4 rings (SSSR count). The molecule has 180 valence electrons. The second-order valence-corrected chi connectivity index (χ2v) is 8.54. The summed E-state index contributed by atoms with van der Waals surface area (Å²) in [5, 5.41) is 14.0. The smallest absolute Gasteiger partial charge is 0.267 e. The Morgan fingerprint density at radius 1 is 0.971 bits per heavy atom. The summed E-state index contributed by atoms with van der Waals surface area (Å²) in [7, 11) is 1.54. The topological polar surface area (TPSA) is 95.9 Å². The Kier molecular flexibility index (Phi) is 7.39. The zero-order valence-electron chi connectivity index (χ0n) is 19.5. The highest BCUT2D eigenvalue weighted by molar-refractivity contribution is 6.04. The Balaban J connectivity index is 1.51. The van der Waals surface area contributed by atoms with E-state index >= 15 is 0 Å². The second-order valence-electron chi connectivity index (χ2n) is 8.54. The first kappa shape index (κ1) is 24.3. The molecule has 0 spiro atoms. The Hall–Kier alpha value is -3.81. The fourth-order valence-electron chi connectivity index (χ4n) is 4.46. The third-order valence-corrected chi connectivity index (χ3v) is 6.35. The van der Waals surface area contributed by atoms with E-state index < -0.39 is 23.5 Å². The van der Waals surface area contributed by atoms with Gasteiger partial charge in [-0.3, -0.25) is 24.6 Å². The van der Waals surface area contributed by atoms with Crippen molar-refractivity contribution in [1.82, 2.24) is 10.2 Å². The molecule has 3 aromatic rings. The zero-order valence-corrected chi connectivity index (χ0v) is 19.5. The Bertz CT molecular complexity index is 1160. The predicted molar refractivity (Wildman–Crippen MR) is 131 cm³/mol. The van der Waals surface area contributed by atoms with E-state index in [1.54, 1.807) is 89.8 Å². The lowest BCUT2D eigenvalue weighted by molar-refractivity contribution is -0.142. The molecule has 0 radical (unpaired) electrons.